The Labute approximate surface area is 158 Å². The van der Waals surface area contributed by atoms with Crippen LogP contribution < -0.4 is 9.47 Å². The molecule has 140 valence electrons. The Morgan fingerprint density at radius 1 is 1.07 bits per heavy atom. The number of carbonyl (C=O) groups excluding carboxylic acids is 1. The first-order chi connectivity index (χ1) is 13.1. The Morgan fingerprint density at radius 2 is 1.85 bits per heavy atom. The molecule has 27 heavy (non-hydrogen) atoms. The minimum Gasteiger partial charge on any atom is -0.486 e. The molecule has 0 fully saturated rings. The summed E-state index contributed by atoms with van der Waals surface area (Å²) in [6.07, 6.45) is 7.00. The molecule has 0 saturated heterocycles. The van der Waals surface area contributed by atoms with E-state index in [1.54, 1.807) is 18.2 Å². The summed E-state index contributed by atoms with van der Waals surface area (Å²) >= 11 is 0. The zero-order valence-electron chi connectivity index (χ0n) is 15.1. The quantitative estimate of drug-likeness (QED) is 0.310. The number of esters is 1. The van der Waals surface area contributed by atoms with Gasteiger partial charge in [0.25, 0.3) is 0 Å². The van der Waals surface area contributed by atoms with Crippen LogP contribution in [0.4, 0.5) is 0 Å². The lowest BCUT2D eigenvalue weighted by Crippen LogP contribution is -2.10. The van der Waals surface area contributed by atoms with Gasteiger partial charge < -0.3 is 14.6 Å². The molecule has 0 heterocycles. The molecule has 0 unspecified atom stereocenters. The molecule has 0 aliphatic heterocycles. The second kappa shape index (κ2) is 10.6. The summed E-state index contributed by atoms with van der Waals surface area (Å²) in [4.78, 5) is 22.9. The fourth-order valence-corrected chi connectivity index (χ4v) is 2.29. The van der Waals surface area contributed by atoms with Crippen LogP contribution in [0, 0.1) is 0 Å². The fraction of sp³-hybridized carbons (Fsp3) is 0.182. The van der Waals surface area contributed by atoms with Gasteiger partial charge in [0.15, 0.2) is 11.5 Å². The Bertz CT molecular complexity index is 822. The van der Waals surface area contributed by atoms with Crippen molar-refractivity contribution in [3.8, 4) is 11.5 Å². The Hall–Kier alpha value is -3.34. The van der Waals surface area contributed by atoms with Crippen LogP contribution in [0.15, 0.2) is 66.8 Å². The van der Waals surface area contributed by atoms with E-state index < -0.39 is 5.97 Å². The third-order valence-electron chi connectivity index (χ3n) is 3.64. The van der Waals surface area contributed by atoms with Crippen molar-refractivity contribution < 1.29 is 24.2 Å². The van der Waals surface area contributed by atoms with Gasteiger partial charge in [-0.25, -0.2) is 4.79 Å². The third kappa shape index (κ3) is 7.20. The molecule has 1 N–H and O–H groups in total. The molecule has 0 saturated carbocycles. The number of ether oxygens (including phenoxy) is 2. The summed E-state index contributed by atoms with van der Waals surface area (Å²) < 4.78 is 11.1. The highest BCUT2D eigenvalue weighted by Crippen LogP contribution is 2.29. The zero-order chi connectivity index (χ0) is 19.5. The normalized spacial score (nSPS) is 11.0. The van der Waals surface area contributed by atoms with E-state index in [4.69, 9.17) is 14.6 Å². The third-order valence-corrected chi connectivity index (χ3v) is 3.64. The Kier molecular flexibility index (Phi) is 7.85. The topological polar surface area (TPSA) is 72.8 Å². The maximum absolute atomic E-state index is 12.2. The van der Waals surface area contributed by atoms with Gasteiger partial charge in [0.2, 0.25) is 0 Å². The SMILES string of the molecule is C/C=C/COc1cc(/C=C/C(=O)O)ccc1OC(=O)CCc1ccccc1. The molecular formula is C22H22O5. The molecule has 0 radical (unpaired) electrons. The van der Waals surface area contributed by atoms with Crippen LogP contribution in [0.2, 0.25) is 0 Å². The van der Waals surface area contributed by atoms with E-state index in [0.717, 1.165) is 11.6 Å². The number of aryl methyl sites for hydroxylation is 1. The van der Waals surface area contributed by atoms with E-state index in [1.165, 1.54) is 6.08 Å². The lowest BCUT2D eigenvalue weighted by atomic mass is 10.1. The summed E-state index contributed by atoms with van der Waals surface area (Å²) in [6.45, 7) is 2.19. The van der Waals surface area contributed by atoms with Gasteiger partial charge in [-0.15, -0.1) is 0 Å². The van der Waals surface area contributed by atoms with Gasteiger partial charge in [0.05, 0.1) is 0 Å². The van der Waals surface area contributed by atoms with Crippen LogP contribution in [-0.2, 0) is 16.0 Å². The van der Waals surface area contributed by atoms with Gasteiger partial charge >= 0.3 is 11.9 Å². The van der Waals surface area contributed by atoms with Crippen LogP contribution in [-0.4, -0.2) is 23.7 Å². The van der Waals surface area contributed by atoms with E-state index in [0.29, 0.717) is 30.1 Å². The van der Waals surface area contributed by atoms with Crippen molar-refractivity contribution in [2.24, 2.45) is 0 Å². The number of hydrogen-bond acceptors (Lipinski definition) is 4. The van der Waals surface area contributed by atoms with Crippen LogP contribution in [0.1, 0.15) is 24.5 Å². The summed E-state index contributed by atoms with van der Waals surface area (Å²) in [6, 6.07) is 14.6. The smallest absolute Gasteiger partial charge is 0.328 e. The molecule has 2 aromatic carbocycles. The lowest BCUT2D eigenvalue weighted by Gasteiger charge is -2.11. The largest absolute Gasteiger partial charge is 0.486 e. The number of hydrogen-bond donors (Lipinski definition) is 1. The van der Waals surface area contributed by atoms with Gasteiger partial charge in [0.1, 0.15) is 6.61 Å². The number of aliphatic carboxylic acids is 1. The monoisotopic (exact) mass is 366 g/mol. The first-order valence-electron chi connectivity index (χ1n) is 8.62. The molecule has 0 spiro atoms. The van der Waals surface area contributed by atoms with Crippen molar-refractivity contribution in [2.45, 2.75) is 19.8 Å². The van der Waals surface area contributed by atoms with Crippen molar-refractivity contribution in [3.05, 3.63) is 77.9 Å². The molecule has 0 atom stereocenters. The first kappa shape index (κ1) is 20.0. The van der Waals surface area contributed by atoms with E-state index >= 15 is 0 Å². The highest BCUT2D eigenvalue weighted by atomic mass is 16.6. The van der Waals surface area contributed by atoms with E-state index in [9.17, 15) is 9.59 Å². The van der Waals surface area contributed by atoms with Crippen molar-refractivity contribution in [3.63, 3.8) is 0 Å². The van der Waals surface area contributed by atoms with Gasteiger partial charge in [-0.05, 0) is 42.7 Å². The summed E-state index contributed by atoms with van der Waals surface area (Å²) in [7, 11) is 0. The van der Waals surface area contributed by atoms with Crippen LogP contribution >= 0.6 is 0 Å². The van der Waals surface area contributed by atoms with E-state index in [2.05, 4.69) is 0 Å². The number of carbonyl (C=O) groups is 2. The first-order valence-corrected chi connectivity index (χ1v) is 8.62. The van der Waals surface area contributed by atoms with Crippen molar-refractivity contribution in [2.75, 3.05) is 6.61 Å². The maximum Gasteiger partial charge on any atom is 0.328 e. The molecule has 0 aliphatic carbocycles. The second-order valence-corrected chi connectivity index (χ2v) is 5.72. The zero-order valence-corrected chi connectivity index (χ0v) is 15.1. The maximum atomic E-state index is 12.2. The van der Waals surface area contributed by atoms with Crippen LogP contribution in [0.3, 0.4) is 0 Å². The molecule has 0 aromatic heterocycles. The molecule has 2 rings (SSSR count). The predicted octanol–water partition coefficient (Wildman–Crippen LogP) is 4.28. The summed E-state index contributed by atoms with van der Waals surface area (Å²) in [5, 5.41) is 8.75. The molecule has 5 nitrogen and oxygen atoms in total. The predicted molar refractivity (Wildman–Crippen MR) is 104 cm³/mol. The second-order valence-electron chi connectivity index (χ2n) is 5.72. The van der Waals surface area contributed by atoms with Gasteiger partial charge in [-0.2, -0.15) is 0 Å². The Balaban J connectivity index is 2.08. The minimum atomic E-state index is -1.04. The average Bonchev–Trinajstić information content (AvgIpc) is 2.67. The number of rotatable bonds is 9. The molecule has 0 amide bonds. The van der Waals surface area contributed by atoms with Crippen LogP contribution in [0.5, 0.6) is 11.5 Å². The fourth-order valence-electron chi connectivity index (χ4n) is 2.29. The van der Waals surface area contributed by atoms with Gasteiger partial charge in [-0.1, -0.05) is 48.6 Å². The molecule has 0 aliphatic rings. The van der Waals surface area contributed by atoms with E-state index in [-0.39, 0.29) is 12.4 Å². The number of allylic oxidation sites excluding steroid dienone is 1. The molecule has 2 aromatic rings. The number of carboxylic acid groups (broad SMARTS) is 1. The molecule has 5 heteroatoms. The standard InChI is InChI=1S/C22H22O5/c1-2-3-15-26-20-16-18(10-13-21(23)24)9-12-19(20)27-22(25)14-11-17-7-5-4-6-8-17/h2-10,12-13,16H,11,14-15H2,1H3,(H,23,24)/b3-2+,13-10+. The summed E-state index contributed by atoms with van der Waals surface area (Å²) in [5.74, 6) is -0.704. The molecular weight excluding hydrogens is 344 g/mol. The van der Waals surface area contributed by atoms with E-state index in [1.807, 2.05) is 49.4 Å². The Morgan fingerprint density at radius 3 is 2.56 bits per heavy atom. The number of benzene rings is 2. The summed E-state index contributed by atoms with van der Waals surface area (Å²) in [5.41, 5.74) is 1.70. The number of carboxylic acids is 1. The van der Waals surface area contributed by atoms with Crippen molar-refractivity contribution in [1.82, 2.24) is 0 Å². The van der Waals surface area contributed by atoms with Crippen LogP contribution in [0.25, 0.3) is 6.08 Å². The van der Waals surface area contributed by atoms with Gasteiger partial charge in [-0.3, -0.25) is 4.79 Å². The highest BCUT2D eigenvalue weighted by molar-refractivity contribution is 5.85. The highest BCUT2D eigenvalue weighted by Gasteiger charge is 2.11. The minimum absolute atomic E-state index is 0.249. The average molecular weight is 366 g/mol. The lowest BCUT2D eigenvalue weighted by molar-refractivity contribution is -0.134. The molecule has 0 bridgehead atoms. The van der Waals surface area contributed by atoms with Crippen molar-refractivity contribution in [1.29, 1.82) is 0 Å². The van der Waals surface area contributed by atoms with Crippen molar-refractivity contribution >= 4 is 18.0 Å². The van der Waals surface area contributed by atoms with Gasteiger partial charge in [0, 0.05) is 12.5 Å².